The zero-order chi connectivity index (χ0) is 11.4. The van der Waals surface area contributed by atoms with Gasteiger partial charge in [-0.1, -0.05) is 0 Å². The predicted molar refractivity (Wildman–Crippen MR) is 58.0 cm³/mol. The Kier molecular flexibility index (Phi) is 3.69. The highest BCUT2D eigenvalue weighted by Gasteiger charge is 2.12. The molecule has 1 N–H and O–H groups in total. The first kappa shape index (κ1) is 11.3. The van der Waals surface area contributed by atoms with Crippen molar-refractivity contribution in [3.8, 4) is 0 Å². The van der Waals surface area contributed by atoms with Gasteiger partial charge in [0, 0.05) is 18.2 Å². The summed E-state index contributed by atoms with van der Waals surface area (Å²) in [4.78, 5) is 19.5. The molecule has 0 saturated carbocycles. The third-order valence-electron chi connectivity index (χ3n) is 2.31. The van der Waals surface area contributed by atoms with E-state index in [2.05, 4.69) is 15.3 Å². The number of hydrogen-bond acceptors (Lipinski definition) is 4. The third kappa shape index (κ3) is 2.68. The topological polar surface area (TPSA) is 64.1 Å². The summed E-state index contributed by atoms with van der Waals surface area (Å²) in [5.74, 6) is 0.351. The van der Waals surface area contributed by atoms with Gasteiger partial charge in [0.05, 0.1) is 25.5 Å². The molecule has 0 saturated heterocycles. The van der Waals surface area contributed by atoms with Crippen molar-refractivity contribution in [2.24, 2.45) is 0 Å². The molecule has 2 heterocycles. The fraction of sp³-hybridized carbons (Fsp3) is 0.500. The first-order valence-electron chi connectivity index (χ1n) is 5.03. The number of alkyl halides is 1. The third-order valence-corrected chi connectivity index (χ3v) is 2.55. The van der Waals surface area contributed by atoms with Crippen LogP contribution in [0.15, 0.2) is 6.20 Å². The van der Waals surface area contributed by atoms with Gasteiger partial charge in [-0.2, -0.15) is 0 Å². The fourth-order valence-electron chi connectivity index (χ4n) is 1.48. The van der Waals surface area contributed by atoms with E-state index in [0.717, 1.165) is 17.7 Å². The summed E-state index contributed by atoms with van der Waals surface area (Å²) in [6, 6.07) is 0. The van der Waals surface area contributed by atoms with E-state index in [-0.39, 0.29) is 11.8 Å². The second kappa shape index (κ2) is 5.23. The molecule has 0 spiro atoms. The van der Waals surface area contributed by atoms with Crippen LogP contribution in [-0.4, -0.2) is 28.4 Å². The minimum absolute atomic E-state index is 0.0429. The lowest BCUT2D eigenvalue weighted by atomic mass is 10.1. The Morgan fingerprint density at radius 3 is 3.31 bits per heavy atom. The van der Waals surface area contributed by atoms with Gasteiger partial charge in [0.25, 0.3) is 0 Å². The van der Waals surface area contributed by atoms with Crippen LogP contribution in [0.1, 0.15) is 17.1 Å². The standard InChI is InChI=1S/C10H12ClN3O2/c11-3-10(15)13-5-9-12-4-7-6-16-2-1-8(7)14-9/h4H,1-3,5-6H2,(H,13,15). The Morgan fingerprint density at radius 1 is 1.62 bits per heavy atom. The number of carbonyl (C=O) groups excluding carboxylic acids is 1. The molecule has 1 aliphatic rings. The van der Waals surface area contributed by atoms with Gasteiger partial charge in [-0.15, -0.1) is 11.6 Å². The van der Waals surface area contributed by atoms with Crippen molar-refractivity contribution in [2.45, 2.75) is 19.6 Å². The van der Waals surface area contributed by atoms with E-state index in [1.165, 1.54) is 0 Å². The van der Waals surface area contributed by atoms with Gasteiger partial charge < -0.3 is 10.1 Å². The minimum Gasteiger partial charge on any atom is -0.376 e. The monoisotopic (exact) mass is 241 g/mol. The number of hydrogen-bond donors (Lipinski definition) is 1. The molecular weight excluding hydrogens is 230 g/mol. The number of halogens is 1. The summed E-state index contributed by atoms with van der Waals surface area (Å²) >= 11 is 5.36. The summed E-state index contributed by atoms with van der Waals surface area (Å²) in [6.45, 7) is 1.58. The van der Waals surface area contributed by atoms with Gasteiger partial charge in [0.2, 0.25) is 5.91 Å². The predicted octanol–water partition coefficient (Wildman–Crippen LogP) is 0.404. The largest absolute Gasteiger partial charge is 0.376 e. The molecular formula is C10H12ClN3O2. The number of amides is 1. The number of fused-ring (bicyclic) bond motifs is 1. The maximum absolute atomic E-state index is 11.0. The lowest BCUT2D eigenvalue weighted by Gasteiger charge is -2.15. The number of aromatic nitrogens is 2. The zero-order valence-corrected chi connectivity index (χ0v) is 9.46. The lowest BCUT2D eigenvalue weighted by molar-refractivity contribution is -0.118. The number of carbonyl (C=O) groups is 1. The molecule has 0 unspecified atom stereocenters. The van der Waals surface area contributed by atoms with Crippen molar-refractivity contribution in [3.05, 3.63) is 23.3 Å². The number of rotatable bonds is 3. The zero-order valence-electron chi connectivity index (χ0n) is 8.70. The van der Waals surface area contributed by atoms with Crippen LogP contribution in [0.3, 0.4) is 0 Å². The molecule has 0 radical (unpaired) electrons. The van der Waals surface area contributed by atoms with E-state index >= 15 is 0 Å². The van der Waals surface area contributed by atoms with Crippen LogP contribution in [0, 0.1) is 0 Å². The highest BCUT2D eigenvalue weighted by Crippen LogP contribution is 2.13. The van der Waals surface area contributed by atoms with E-state index in [9.17, 15) is 4.79 Å². The van der Waals surface area contributed by atoms with Crippen LogP contribution >= 0.6 is 11.6 Å². The Morgan fingerprint density at radius 2 is 2.50 bits per heavy atom. The average molecular weight is 242 g/mol. The van der Waals surface area contributed by atoms with Gasteiger partial charge in [-0.25, -0.2) is 9.97 Å². The van der Waals surface area contributed by atoms with Crippen molar-refractivity contribution < 1.29 is 9.53 Å². The second-order valence-corrected chi connectivity index (χ2v) is 3.74. The fourth-order valence-corrected chi connectivity index (χ4v) is 1.58. The van der Waals surface area contributed by atoms with Crippen molar-refractivity contribution >= 4 is 17.5 Å². The lowest BCUT2D eigenvalue weighted by Crippen LogP contribution is -2.25. The molecule has 0 atom stereocenters. The molecule has 1 aliphatic heterocycles. The second-order valence-electron chi connectivity index (χ2n) is 3.47. The first-order valence-corrected chi connectivity index (χ1v) is 5.57. The van der Waals surface area contributed by atoms with Gasteiger partial charge in [0.15, 0.2) is 0 Å². The molecule has 0 bridgehead atoms. The highest BCUT2D eigenvalue weighted by molar-refractivity contribution is 6.27. The summed E-state index contributed by atoms with van der Waals surface area (Å²) in [6.07, 6.45) is 2.55. The number of ether oxygens (including phenoxy) is 1. The molecule has 16 heavy (non-hydrogen) atoms. The van der Waals surface area contributed by atoms with Crippen LogP contribution < -0.4 is 5.32 Å². The normalized spacial score (nSPS) is 14.3. The summed E-state index contributed by atoms with van der Waals surface area (Å²) in [7, 11) is 0. The quantitative estimate of drug-likeness (QED) is 0.779. The molecule has 6 heteroatoms. The molecule has 0 fully saturated rings. The molecule has 1 aromatic heterocycles. The van der Waals surface area contributed by atoms with Crippen molar-refractivity contribution in [2.75, 3.05) is 12.5 Å². The van der Waals surface area contributed by atoms with E-state index in [1.807, 2.05) is 0 Å². The Labute approximate surface area is 98.2 Å². The van der Waals surface area contributed by atoms with Crippen LogP contribution in [0.25, 0.3) is 0 Å². The van der Waals surface area contributed by atoms with Crippen LogP contribution in [-0.2, 0) is 29.1 Å². The van der Waals surface area contributed by atoms with Crippen molar-refractivity contribution in [1.82, 2.24) is 15.3 Å². The molecule has 1 amide bonds. The smallest absolute Gasteiger partial charge is 0.235 e. The van der Waals surface area contributed by atoms with Crippen LogP contribution in [0.2, 0.25) is 0 Å². The van der Waals surface area contributed by atoms with E-state index in [0.29, 0.717) is 25.6 Å². The highest BCUT2D eigenvalue weighted by atomic mass is 35.5. The van der Waals surface area contributed by atoms with E-state index in [1.54, 1.807) is 6.20 Å². The summed E-state index contributed by atoms with van der Waals surface area (Å²) in [5.41, 5.74) is 2.04. The maximum atomic E-state index is 11.0. The molecule has 86 valence electrons. The van der Waals surface area contributed by atoms with Crippen molar-refractivity contribution in [3.63, 3.8) is 0 Å². The summed E-state index contributed by atoms with van der Waals surface area (Å²) in [5, 5.41) is 2.63. The molecule has 0 aliphatic carbocycles. The Bertz CT molecular complexity index is 398. The van der Waals surface area contributed by atoms with Gasteiger partial charge in [-0.3, -0.25) is 4.79 Å². The van der Waals surface area contributed by atoms with Gasteiger partial charge >= 0.3 is 0 Å². The van der Waals surface area contributed by atoms with Crippen molar-refractivity contribution in [1.29, 1.82) is 0 Å². The van der Waals surface area contributed by atoms with Crippen LogP contribution in [0.4, 0.5) is 0 Å². The Balaban J connectivity index is 2.03. The molecule has 2 rings (SSSR count). The van der Waals surface area contributed by atoms with Crippen LogP contribution in [0.5, 0.6) is 0 Å². The maximum Gasteiger partial charge on any atom is 0.235 e. The Hall–Kier alpha value is -1.20. The number of nitrogens with one attached hydrogen (secondary N) is 1. The first-order chi connectivity index (χ1) is 7.79. The molecule has 1 aromatic rings. The minimum atomic E-state index is -0.216. The SMILES string of the molecule is O=C(CCl)NCc1ncc2c(n1)CCOC2. The van der Waals surface area contributed by atoms with Gasteiger partial charge in [-0.05, 0) is 0 Å². The number of nitrogens with zero attached hydrogens (tertiary/aromatic N) is 2. The molecule has 5 nitrogen and oxygen atoms in total. The molecule has 0 aromatic carbocycles. The van der Waals surface area contributed by atoms with Gasteiger partial charge in [0.1, 0.15) is 11.7 Å². The van der Waals surface area contributed by atoms with E-state index < -0.39 is 0 Å². The summed E-state index contributed by atoms with van der Waals surface area (Å²) < 4.78 is 5.28. The average Bonchev–Trinajstić information content (AvgIpc) is 2.35. The van der Waals surface area contributed by atoms with E-state index in [4.69, 9.17) is 16.3 Å².